The van der Waals surface area contributed by atoms with Gasteiger partial charge in [0.2, 0.25) is 10.0 Å². The summed E-state index contributed by atoms with van der Waals surface area (Å²) in [5.41, 5.74) is 1.09. The van der Waals surface area contributed by atoms with Gasteiger partial charge in [0.15, 0.2) is 0 Å². The summed E-state index contributed by atoms with van der Waals surface area (Å²) < 4.78 is 31.1. The SMILES string of the molecule is CCCCCCCCCCCCCCCCN(CCCCCCCCCCCCCCCC)S(=O)(=O)c1cc(SCc2cccc(Br)c2)cc(C(=O)O)c1. The van der Waals surface area contributed by atoms with Crippen LogP contribution in [0.4, 0.5) is 0 Å². The third-order valence-corrected chi connectivity index (χ3v) is 14.0. The second kappa shape index (κ2) is 31.7. The summed E-state index contributed by atoms with van der Waals surface area (Å²) in [4.78, 5) is 12.9. The van der Waals surface area contributed by atoms with Crippen molar-refractivity contribution in [1.29, 1.82) is 0 Å². The van der Waals surface area contributed by atoms with Crippen LogP contribution in [0.2, 0.25) is 0 Å². The lowest BCUT2D eigenvalue weighted by molar-refractivity contribution is 0.0696. The van der Waals surface area contributed by atoms with Crippen molar-refractivity contribution in [2.75, 3.05) is 13.1 Å². The Hall–Kier alpha value is -1.35. The summed E-state index contributed by atoms with van der Waals surface area (Å²) >= 11 is 4.98. The normalized spacial score (nSPS) is 11.9. The van der Waals surface area contributed by atoms with Gasteiger partial charge in [0.1, 0.15) is 0 Å². The predicted octanol–water partition coefficient (Wildman–Crippen LogP) is 15.4. The molecule has 0 unspecified atom stereocenters. The van der Waals surface area contributed by atoms with Crippen molar-refractivity contribution in [1.82, 2.24) is 4.31 Å². The second-order valence-corrected chi connectivity index (χ2v) is 19.4. The Morgan fingerprint density at radius 2 is 1.00 bits per heavy atom. The van der Waals surface area contributed by atoms with Crippen LogP contribution in [0.3, 0.4) is 0 Å². The van der Waals surface area contributed by atoms with Gasteiger partial charge in [-0.15, -0.1) is 11.8 Å². The monoisotopic (exact) mass is 849 g/mol. The van der Waals surface area contributed by atoms with Crippen molar-refractivity contribution in [3.05, 3.63) is 58.1 Å². The Bertz CT molecular complexity index is 1320. The van der Waals surface area contributed by atoms with Gasteiger partial charge in [-0.25, -0.2) is 13.2 Å². The summed E-state index contributed by atoms with van der Waals surface area (Å²) in [6.07, 6.45) is 35.3. The molecule has 0 amide bonds. The van der Waals surface area contributed by atoms with Crippen LogP contribution in [0.1, 0.15) is 210 Å². The fourth-order valence-electron chi connectivity index (χ4n) is 7.19. The van der Waals surface area contributed by atoms with E-state index in [1.165, 1.54) is 159 Å². The molecule has 0 aliphatic rings. The summed E-state index contributed by atoms with van der Waals surface area (Å²) in [6.45, 7) is 5.50. The molecule has 0 saturated heterocycles. The highest BCUT2D eigenvalue weighted by atomic mass is 79.9. The van der Waals surface area contributed by atoms with E-state index in [2.05, 4.69) is 29.8 Å². The van der Waals surface area contributed by atoms with E-state index in [1.807, 2.05) is 24.3 Å². The summed E-state index contributed by atoms with van der Waals surface area (Å²) in [5.74, 6) is -0.495. The van der Waals surface area contributed by atoms with Gasteiger partial charge in [0.25, 0.3) is 0 Å². The molecule has 8 heteroatoms. The number of aromatic carboxylic acids is 1. The number of hydrogen-bond acceptors (Lipinski definition) is 4. The van der Waals surface area contributed by atoms with Gasteiger partial charge in [-0.3, -0.25) is 0 Å². The number of nitrogens with zero attached hydrogens (tertiary/aromatic N) is 1. The lowest BCUT2D eigenvalue weighted by Crippen LogP contribution is -2.33. The minimum absolute atomic E-state index is 0.0146. The maximum Gasteiger partial charge on any atom is 0.335 e. The molecule has 2 aromatic rings. The quantitative estimate of drug-likeness (QED) is 0.0546. The van der Waals surface area contributed by atoms with Crippen LogP contribution in [0.25, 0.3) is 0 Å². The fourth-order valence-corrected chi connectivity index (χ4v) is 10.2. The standard InChI is InChI=1S/C46H76BrNO4S2/c1-3-5-7-9-11-13-15-17-19-21-23-25-27-29-34-48(35-30-28-26-24-22-20-18-16-14-12-10-8-6-4-2)54(51,52)45-38-42(46(49)50)37-44(39-45)53-40-41-32-31-33-43(47)36-41/h31-33,36-39H,3-30,34-35,40H2,1-2H3,(H,49,50). The Morgan fingerprint density at radius 1 is 0.593 bits per heavy atom. The molecule has 0 saturated carbocycles. The average molecular weight is 851 g/mol. The number of halogens is 1. The Kier molecular flexibility index (Phi) is 28.6. The maximum absolute atomic E-state index is 14.2. The van der Waals surface area contributed by atoms with Crippen LogP contribution in [-0.4, -0.2) is 36.9 Å². The van der Waals surface area contributed by atoms with Crippen LogP contribution in [0.15, 0.2) is 56.7 Å². The molecule has 2 rings (SSSR count). The molecule has 5 nitrogen and oxygen atoms in total. The summed E-state index contributed by atoms with van der Waals surface area (Å²) in [6, 6.07) is 12.6. The first kappa shape index (κ1) is 48.8. The molecule has 308 valence electrons. The van der Waals surface area contributed by atoms with Crippen molar-refractivity contribution in [2.45, 2.75) is 209 Å². The van der Waals surface area contributed by atoms with Crippen molar-refractivity contribution in [2.24, 2.45) is 0 Å². The van der Waals surface area contributed by atoms with Crippen LogP contribution < -0.4 is 0 Å². The summed E-state index contributed by atoms with van der Waals surface area (Å²) in [5, 5.41) is 9.92. The van der Waals surface area contributed by atoms with E-state index >= 15 is 0 Å². The Labute approximate surface area is 344 Å². The van der Waals surface area contributed by atoms with Crippen LogP contribution >= 0.6 is 27.7 Å². The lowest BCUT2D eigenvalue weighted by Gasteiger charge is -2.23. The molecule has 0 aromatic heterocycles. The Morgan fingerprint density at radius 3 is 1.39 bits per heavy atom. The number of thioether (sulfide) groups is 1. The topological polar surface area (TPSA) is 74.7 Å². The van der Waals surface area contributed by atoms with E-state index in [9.17, 15) is 18.3 Å². The highest BCUT2D eigenvalue weighted by Gasteiger charge is 2.26. The zero-order chi connectivity index (χ0) is 39.1. The number of carboxylic acids is 1. The van der Waals surface area contributed by atoms with Gasteiger partial charge < -0.3 is 5.11 Å². The van der Waals surface area contributed by atoms with Gasteiger partial charge in [0, 0.05) is 28.2 Å². The van der Waals surface area contributed by atoms with E-state index in [-0.39, 0.29) is 10.5 Å². The van der Waals surface area contributed by atoms with E-state index < -0.39 is 16.0 Å². The van der Waals surface area contributed by atoms with Crippen LogP contribution in [-0.2, 0) is 15.8 Å². The average Bonchev–Trinajstić information content (AvgIpc) is 3.16. The number of sulfonamides is 1. The first-order chi connectivity index (χ1) is 26.3. The minimum atomic E-state index is -3.86. The number of unbranched alkanes of at least 4 members (excludes halogenated alkanes) is 26. The molecule has 54 heavy (non-hydrogen) atoms. The first-order valence-corrected chi connectivity index (χ1v) is 25.3. The van der Waals surface area contributed by atoms with Crippen LogP contribution in [0, 0.1) is 0 Å². The number of rotatable bonds is 36. The fraction of sp³-hybridized carbons (Fsp3) is 0.717. The number of carboxylic acid groups (broad SMARTS) is 1. The molecular weight excluding hydrogens is 775 g/mol. The first-order valence-electron chi connectivity index (χ1n) is 22.0. The zero-order valence-corrected chi connectivity index (χ0v) is 37.5. The van der Waals surface area contributed by atoms with Gasteiger partial charge >= 0.3 is 5.97 Å². The largest absolute Gasteiger partial charge is 0.478 e. The molecule has 0 fully saturated rings. The minimum Gasteiger partial charge on any atom is -0.478 e. The number of hydrogen-bond donors (Lipinski definition) is 1. The molecule has 0 bridgehead atoms. The third kappa shape index (κ3) is 23.0. The molecule has 0 radical (unpaired) electrons. The van der Waals surface area contributed by atoms with Gasteiger partial charge in [-0.05, 0) is 48.7 Å². The van der Waals surface area contributed by atoms with E-state index in [4.69, 9.17) is 0 Å². The smallest absolute Gasteiger partial charge is 0.335 e. The van der Waals surface area contributed by atoms with E-state index in [0.29, 0.717) is 23.7 Å². The highest BCUT2D eigenvalue weighted by Crippen LogP contribution is 2.30. The molecule has 1 N–H and O–H groups in total. The molecule has 2 aromatic carbocycles. The van der Waals surface area contributed by atoms with Gasteiger partial charge in [-0.1, -0.05) is 209 Å². The number of benzene rings is 2. The van der Waals surface area contributed by atoms with Crippen molar-refractivity contribution < 1.29 is 18.3 Å². The van der Waals surface area contributed by atoms with Crippen LogP contribution in [0.5, 0.6) is 0 Å². The molecule has 0 aliphatic carbocycles. The lowest BCUT2D eigenvalue weighted by atomic mass is 10.0. The van der Waals surface area contributed by atoms with E-state index in [1.54, 1.807) is 16.4 Å². The summed E-state index contributed by atoms with van der Waals surface area (Å²) in [7, 11) is -3.86. The zero-order valence-electron chi connectivity index (χ0n) is 34.3. The van der Waals surface area contributed by atoms with Crippen molar-refractivity contribution >= 4 is 43.7 Å². The molecule has 0 spiro atoms. The van der Waals surface area contributed by atoms with Gasteiger partial charge in [0.05, 0.1) is 10.5 Å². The van der Waals surface area contributed by atoms with Crippen molar-refractivity contribution in [3.63, 3.8) is 0 Å². The van der Waals surface area contributed by atoms with Crippen molar-refractivity contribution in [3.8, 4) is 0 Å². The molecule has 0 heterocycles. The number of carbonyl (C=O) groups is 1. The van der Waals surface area contributed by atoms with Gasteiger partial charge in [-0.2, -0.15) is 4.31 Å². The Balaban J connectivity index is 1.89. The maximum atomic E-state index is 14.2. The second-order valence-electron chi connectivity index (χ2n) is 15.5. The third-order valence-electron chi connectivity index (χ3n) is 10.6. The molecular formula is C46H76BrNO4S2. The molecule has 0 aliphatic heterocycles. The molecule has 0 atom stereocenters. The highest BCUT2D eigenvalue weighted by molar-refractivity contribution is 9.10. The van der Waals surface area contributed by atoms with E-state index in [0.717, 1.165) is 48.6 Å². The predicted molar refractivity (Wildman–Crippen MR) is 236 cm³/mol.